The molecule has 2 aromatic carbocycles. The average Bonchev–Trinajstić information content (AvgIpc) is 3.68. The summed E-state index contributed by atoms with van der Waals surface area (Å²) >= 11 is 1.41. The lowest BCUT2D eigenvalue weighted by atomic mass is 10.1. The molecule has 0 aliphatic carbocycles. The molecule has 254 valence electrons. The first-order valence-corrected chi connectivity index (χ1v) is 16.8. The normalized spacial score (nSPS) is 20.5. The van der Waals surface area contributed by atoms with Crippen molar-refractivity contribution in [1.29, 1.82) is 0 Å². The predicted octanol–water partition coefficient (Wildman–Crippen LogP) is 2.24. The minimum atomic E-state index is -1.36. The Morgan fingerprint density at radius 3 is 2.57 bits per heavy atom. The second-order valence-electron chi connectivity index (χ2n) is 11.8. The van der Waals surface area contributed by atoms with Crippen molar-refractivity contribution in [1.82, 2.24) is 19.0 Å². The number of piperazine rings is 1. The number of rotatable bonds is 8. The van der Waals surface area contributed by atoms with Gasteiger partial charge in [-0.15, -0.1) is 11.8 Å². The number of amides is 1. The Labute approximate surface area is 282 Å². The number of aromatic carboxylic acids is 1. The third-order valence-corrected chi connectivity index (χ3v) is 10.0. The molecule has 2 saturated heterocycles. The number of para-hydroxylation sites is 1. The lowest BCUT2D eigenvalue weighted by molar-refractivity contribution is -0.112. The molecule has 5 heterocycles. The highest BCUT2D eigenvalue weighted by molar-refractivity contribution is 8.00. The molecule has 2 atom stereocenters. The van der Waals surface area contributed by atoms with Crippen LogP contribution >= 0.6 is 11.8 Å². The number of aliphatic hydroxyl groups is 1. The first kappa shape index (κ1) is 32.6. The largest absolute Gasteiger partial charge is 0.477 e. The van der Waals surface area contributed by atoms with Crippen LogP contribution in [0.2, 0.25) is 0 Å². The van der Waals surface area contributed by atoms with Crippen molar-refractivity contribution in [3.63, 3.8) is 0 Å². The van der Waals surface area contributed by atoms with E-state index in [2.05, 4.69) is 14.9 Å². The van der Waals surface area contributed by atoms with Crippen LogP contribution in [0.25, 0.3) is 10.9 Å². The van der Waals surface area contributed by atoms with Gasteiger partial charge in [0.2, 0.25) is 5.43 Å². The fourth-order valence-corrected chi connectivity index (χ4v) is 7.31. The molecule has 7 rings (SSSR count). The Balaban J connectivity index is 1.07. The molecule has 4 aromatic rings. The van der Waals surface area contributed by atoms with E-state index in [9.17, 15) is 29.4 Å². The van der Waals surface area contributed by atoms with Crippen LogP contribution < -0.4 is 20.9 Å². The highest BCUT2D eigenvalue weighted by atomic mass is 32.2. The Morgan fingerprint density at radius 1 is 1.10 bits per heavy atom. The summed E-state index contributed by atoms with van der Waals surface area (Å²) in [6, 6.07) is 11.5. The van der Waals surface area contributed by atoms with E-state index in [0.717, 1.165) is 6.07 Å². The lowest BCUT2D eigenvalue weighted by Crippen LogP contribution is -2.51. The molecule has 2 N–H and O–H groups in total. The molecule has 3 aliphatic heterocycles. The second kappa shape index (κ2) is 13.2. The van der Waals surface area contributed by atoms with E-state index in [1.165, 1.54) is 28.7 Å². The zero-order valence-corrected chi connectivity index (χ0v) is 27.2. The smallest absolute Gasteiger partial charge is 0.351 e. The van der Waals surface area contributed by atoms with Gasteiger partial charge in [-0.1, -0.05) is 18.2 Å². The van der Waals surface area contributed by atoms with Gasteiger partial charge in [0.05, 0.1) is 30.2 Å². The maximum Gasteiger partial charge on any atom is 0.351 e. The molecule has 14 nitrogen and oxygen atoms in total. The number of carboxylic acid groups (broad SMARTS) is 1. The van der Waals surface area contributed by atoms with Gasteiger partial charge in [0, 0.05) is 61.8 Å². The molecule has 2 unspecified atom stereocenters. The Morgan fingerprint density at radius 2 is 1.88 bits per heavy atom. The summed E-state index contributed by atoms with van der Waals surface area (Å²) in [5.41, 5.74) is 0.104. The average molecular weight is 690 g/mol. The Bertz CT molecular complexity index is 2130. The molecule has 0 saturated carbocycles. The van der Waals surface area contributed by atoms with E-state index in [-0.39, 0.29) is 36.1 Å². The summed E-state index contributed by atoms with van der Waals surface area (Å²) in [4.78, 5) is 65.1. The molecule has 0 bridgehead atoms. The summed E-state index contributed by atoms with van der Waals surface area (Å²) in [5.74, 6) is -1.73. The van der Waals surface area contributed by atoms with Gasteiger partial charge in [0.15, 0.2) is 5.82 Å². The van der Waals surface area contributed by atoms with Gasteiger partial charge in [-0.3, -0.25) is 24.0 Å². The number of thioether (sulfide) groups is 1. The monoisotopic (exact) mass is 689 g/mol. The molecular weight excluding hydrogens is 657 g/mol. The highest BCUT2D eigenvalue weighted by Crippen LogP contribution is 2.33. The lowest BCUT2D eigenvalue weighted by Gasteiger charge is -2.38. The quantitative estimate of drug-likeness (QED) is 0.279. The number of fused-ring (bicyclic) bond motifs is 2. The van der Waals surface area contributed by atoms with Crippen LogP contribution in [-0.4, -0.2) is 97.5 Å². The van der Waals surface area contributed by atoms with Gasteiger partial charge in [-0.25, -0.2) is 19.0 Å². The van der Waals surface area contributed by atoms with E-state index in [1.54, 1.807) is 33.7 Å². The fourth-order valence-electron chi connectivity index (χ4n) is 6.38. The molecule has 3 aliphatic rings. The third-order valence-electron chi connectivity index (χ3n) is 8.91. The van der Waals surface area contributed by atoms with Gasteiger partial charge >= 0.3 is 11.7 Å². The van der Waals surface area contributed by atoms with Gasteiger partial charge in [0.1, 0.15) is 28.8 Å². The van der Waals surface area contributed by atoms with Crippen molar-refractivity contribution in [2.24, 2.45) is 4.99 Å². The first-order chi connectivity index (χ1) is 23.7. The van der Waals surface area contributed by atoms with Crippen molar-refractivity contribution in [3.05, 3.63) is 92.5 Å². The standard InChI is InChI=1S/C33H32FN7O7S/c1-2-38-15-21(32(45)46)30(43)20-13-22(34)25(14-24(20)38)39-11-9-37(10-12-39)18-41-23-6-4-3-5-19(23)29(31(41)44)35-26-7-8-40(33(47)36-26)27-17-49-28(16-42)48-27/h3-8,13-15,27-28,42H,2,9-12,16-18H2,1H3,(H,45,46). The summed E-state index contributed by atoms with van der Waals surface area (Å²) in [5, 5.41) is 18.8. The number of aliphatic hydroxyl groups excluding tert-OH is 1. The number of aromatic nitrogens is 3. The molecule has 49 heavy (non-hydrogen) atoms. The van der Waals surface area contributed by atoms with E-state index in [4.69, 9.17) is 4.74 Å². The minimum Gasteiger partial charge on any atom is -0.477 e. The number of hydrogen-bond acceptors (Lipinski definition) is 11. The zero-order chi connectivity index (χ0) is 34.4. The number of ether oxygens (including phenoxy) is 1. The van der Waals surface area contributed by atoms with Crippen molar-refractivity contribution in [2.75, 3.05) is 55.0 Å². The summed E-state index contributed by atoms with van der Waals surface area (Å²) in [6.07, 6.45) is 2.25. The minimum absolute atomic E-state index is 0.0137. The number of benzene rings is 2. The topological polar surface area (TPSA) is 163 Å². The molecule has 2 fully saturated rings. The van der Waals surface area contributed by atoms with Gasteiger partial charge in [-0.2, -0.15) is 4.98 Å². The first-order valence-electron chi connectivity index (χ1n) is 15.7. The molecular formula is C33H32FN7O7S. The number of halogens is 1. The van der Waals surface area contributed by atoms with Gasteiger partial charge < -0.3 is 24.4 Å². The molecule has 16 heteroatoms. The third kappa shape index (κ3) is 6.01. The van der Waals surface area contributed by atoms with Crippen molar-refractivity contribution < 1.29 is 28.9 Å². The number of pyridine rings is 1. The van der Waals surface area contributed by atoms with Crippen molar-refractivity contribution in [3.8, 4) is 0 Å². The van der Waals surface area contributed by atoms with E-state index < -0.39 is 40.1 Å². The maximum absolute atomic E-state index is 15.4. The summed E-state index contributed by atoms with van der Waals surface area (Å²) in [7, 11) is 0. The highest BCUT2D eigenvalue weighted by Gasteiger charge is 2.36. The number of hydrogen-bond donors (Lipinski definition) is 2. The molecule has 0 radical (unpaired) electrons. The van der Waals surface area contributed by atoms with E-state index in [1.807, 2.05) is 24.0 Å². The number of anilines is 2. The van der Waals surface area contributed by atoms with Crippen LogP contribution in [0.4, 0.5) is 21.6 Å². The zero-order valence-electron chi connectivity index (χ0n) is 26.4. The number of carboxylic acids is 1. The number of aryl methyl sites for hydroxylation is 1. The van der Waals surface area contributed by atoms with Crippen LogP contribution in [0.3, 0.4) is 0 Å². The predicted molar refractivity (Wildman–Crippen MR) is 182 cm³/mol. The van der Waals surface area contributed by atoms with Gasteiger partial charge in [0.25, 0.3) is 5.91 Å². The SMILES string of the molecule is CCn1cc(C(=O)O)c(=O)c2cc(F)c(N3CCN(CN4C(=O)C(=Nc5ccn(C6CSC(CO)O6)c(=O)n5)c5ccccc54)CC3)cc21. The number of aliphatic imine (C=N–C) groups is 1. The second-order valence-corrected chi connectivity index (χ2v) is 12.9. The maximum atomic E-state index is 15.4. The van der Waals surface area contributed by atoms with Crippen LogP contribution in [0, 0.1) is 5.82 Å². The summed E-state index contributed by atoms with van der Waals surface area (Å²) in [6.45, 7) is 4.21. The van der Waals surface area contributed by atoms with E-state index in [0.29, 0.717) is 60.9 Å². The van der Waals surface area contributed by atoms with Crippen LogP contribution in [0.1, 0.15) is 29.1 Å². The van der Waals surface area contributed by atoms with Crippen LogP contribution in [0.15, 0.2) is 69.4 Å². The van der Waals surface area contributed by atoms with Crippen LogP contribution in [-0.2, 0) is 16.1 Å². The van der Waals surface area contributed by atoms with Crippen LogP contribution in [0.5, 0.6) is 0 Å². The number of carbonyl (C=O) groups excluding carboxylic acids is 1. The fraction of sp³-hybridized carbons (Fsp3) is 0.333. The molecule has 1 amide bonds. The van der Waals surface area contributed by atoms with Crippen molar-refractivity contribution in [2.45, 2.75) is 25.1 Å². The molecule has 2 aromatic heterocycles. The summed E-state index contributed by atoms with van der Waals surface area (Å²) < 4.78 is 24.0. The Kier molecular flexibility index (Phi) is 8.79. The van der Waals surface area contributed by atoms with Crippen molar-refractivity contribution >= 4 is 57.4 Å². The number of nitrogens with zero attached hydrogens (tertiary/aromatic N) is 7. The number of carbonyl (C=O) groups is 2. The molecule has 0 spiro atoms. The Hall–Kier alpha value is -4.90. The van der Waals surface area contributed by atoms with Gasteiger partial charge in [-0.05, 0) is 31.2 Å². The van der Waals surface area contributed by atoms with E-state index >= 15 is 4.39 Å².